The third-order valence-corrected chi connectivity index (χ3v) is 5.09. The Kier molecular flexibility index (Phi) is 5.48. The van der Waals surface area contributed by atoms with Crippen LogP contribution in [0.2, 0.25) is 0 Å². The van der Waals surface area contributed by atoms with Gasteiger partial charge in [-0.1, -0.05) is 17.3 Å². The molecule has 3 aromatic rings. The van der Waals surface area contributed by atoms with Crippen molar-refractivity contribution < 1.29 is 14.1 Å². The maximum absolute atomic E-state index is 12.4. The molecule has 1 N–H and O–H groups in total. The highest BCUT2D eigenvalue weighted by molar-refractivity contribution is 9.11. The van der Waals surface area contributed by atoms with Crippen LogP contribution in [0.15, 0.2) is 44.7 Å². The molecule has 3 rings (SSSR count). The third-order valence-electron chi connectivity index (χ3n) is 3.48. The number of likely N-dealkylation sites (N-methyl/N-ethyl adjacent to an activating group) is 1. The van der Waals surface area contributed by atoms with Gasteiger partial charge in [0.05, 0.1) is 20.9 Å². The smallest absolute Gasteiger partial charge is 0.264 e. The standard InChI is InChI=1S/C17H15BrN4O3S/c1-10-19-16(21-25-10)11-5-3-4-6-12(11)20-15(23)9-22(2)17(24)13-7-8-14(18)26-13/h3-8H,9H2,1-2H3,(H,20,23). The van der Waals surface area contributed by atoms with Gasteiger partial charge in [0, 0.05) is 19.5 Å². The van der Waals surface area contributed by atoms with E-state index < -0.39 is 0 Å². The number of nitrogens with one attached hydrogen (secondary N) is 1. The van der Waals surface area contributed by atoms with Crippen molar-refractivity contribution in [3.05, 3.63) is 51.0 Å². The fourth-order valence-corrected chi connectivity index (χ4v) is 3.67. The van der Waals surface area contributed by atoms with Crippen LogP contribution >= 0.6 is 27.3 Å². The summed E-state index contributed by atoms with van der Waals surface area (Å²) < 4.78 is 5.86. The van der Waals surface area contributed by atoms with Crippen LogP contribution in [0.3, 0.4) is 0 Å². The van der Waals surface area contributed by atoms with E-state index in [0.717, 1.165) is 3.79 Å². The second-order valence-electron chi connectivity index (χ2n) is 5.50. The molecule has 9 heteroatoms. The molecule has 7 nitrogen and oxygen atoms in total. The first-order chi connectivity index (χ1) is 12.4. The predicted octanol–water partition coefficient (Wildman–Crippen LogP) is 3.58. The number of rotatable bonds is 5. The van der Waals surface area contributed by atoms with Gasteiger partial charge >= 0.3 is 0 Å². The van der Waals surface area contributed by atoms with Crippen LogP contribution in [0.1, 0.15) is 15.6 Å². The molecule has 0 spiro atoms. The average molecular weight is 435 g/mol. The number of carbonyl (C=O) groups is 2. The summed E-state index contributed by atoms with van der Waals surface area (Å²) >= 11 is 4.65. The second-order valence-corrected chi connectivity index (χ2v) is 7.96. The van der Waals surface area contributed by atoms with E-state index in [1.807, 2.05) is 6.07 Å². The Hall–Kier alpha value is -2.52. The molecule has 1 aromatic carbocycles. The van der Waals surface area contributed by atoms with Gasteiger partial charge in [-0.05, 0) is 40.2 Å². The fraction of sp³-hybridized carbons (Fsp3) is 0.176. The first kappa shape index (κ1) is 18.3. The van der Waals surface area contributed by atoms with Crippen molar-refractivity contribution in [1.29, 1.82) is 0 Å². The van der Waals surface area contributed by atoms with Crippen molar-refractivity contribution in [1.82, 2.24) is 15.0 Å². The lowest BCUT2D eigenvalue weighted by Gasteiger charge is -2.16. The average Bonchev–Trinajstić information content (AvgIpc) is 3.23. The molecular formula is C17H15BrN4O3S. The van der Waals surface area contributed by atoms with E-state index in [9.17, 15) is 9.59 Å². The lowest BCUT2D eigenvalue weighted by Crippen LogP contribution is -2.34. The molecule has 0 bridgehead atoms. The van der Waals surface area contributed by atoms with Crippen molar-refractivity contribution in [2.24, 2.45) is 0 Å². The molecule has 0 saturated heterocycles. The van der Waals surface area contributed by atoms with E-state index in [4.69, 9.17) is 4.52 Å². The van der Waals surface area contributed by atoms with Gasteiger partial charge in [-0.15, -0.1) is 11.3 Å². The van der Waals surface area contributed by atoms with Crippen LogP contribution in [-0.4, -0.2) is 40.4 Å². The molecule has 0 aliphatic carbocycles. The Balaban J connectivity index is 1.70. The monoisotopic (exact) mass is 434 g/mol. The Labute approximate surface area is 162 Å². The maximum atomic E-state index is 12.4. The quantitative estimate of drug-likeness (QED) is 0.662. The molecule has 0 saturated carbocycles. The van der Waals surface area contributed by atoms with E-state index >= 15 is 0 Å². The summed E-state index contributed by atoms with van der Waals surface area (Å²) in [7, 11) is 1.59. The molecular weight excluding hydrogens is 420 g/mol. The fourth-order valence-electron chi connectivity index (χ4n) is 2.29. The number of anilines is 1. The summed E-state index contributed by atoms with van der Waals surface area (Å²) in [6.45, 7) is 1.62. The maximum Gasteiger partial charge on any atom is 0.264 e. The number of amides is 2. The number of benzene rings is 1. The summed E-state index contributed by atoms with van der Waals surface area (Å²) in [6.07, 6.45) is 0. The Bertz CT molecular complexity index is 953. The summed E-state index contributed by atoms with van der Waals surface area (Å²) in [6, 6.07) is 10.7. The number of para-hydroxylation sites is 1. The molecule has 2 heterocycles. The number of carbonyl (C=O) groups excluding carboxylic acids is 2. The second kappa shape index (κ2) is 7.79. The lowest BCUT2D eigenvalue weighted by atomic mass is 10.1. The van der Waals surface area contributed by atoms with Gasteiger partial charge in [0.15, 0.2) is 0 Å². The summed E-state index contributed by atoms with van der Waals surface area (Å²) in [5.41, 5.74) is 1.20. The molecule has 0 atom stereocenters. The van der Waals surface area contributed by atoms with Crippen LogP contribution in [-0.2, 0) is 4.79 Å². The molecule has 2 aromatic heterocycles. The number of nitrogens with zero attached hydrogens (tertiary/aromatic N) is 3. The van der Waals surface area contributed by atoms with Crippen molar-refractivity contribution in [2.75, 3.05) is 18.9 Å². The highest BCUT2D eigenvalue weighted by atomic mass is 79.9. The topological polar surface area (TPSA) is 88.3 Å². The van der Waals surface area contributed by atoms with E-state index in [-0.39, 0.29) is 18.4 Å². The number of hydrogen-bond acceptors (Lipinski definition) is 6. The highest BCUT2D eigenvalue weighted by Crippen LogP contribution is 2.26. The van der Waals surface area contributed by atoms with Gasteiger partial charge in [-0.25, -0.2) is 0 Å². The predicted molar refractivity (Wildman–Crippen MR) is 102 cm³/mol. The molecule has 0 fully saturated rings. The van der Waals surface area contributed by atoms with Gasteiger partial charge in [0.2, 0.25) is 17.6 Å². The zero-order chi connectivity index (χ0) is 18.7. The summed E-state index contributed by atoms with van der Waals surface area (Å²) in [4.78, 5) is 30.8. The lowest BCUT2D eigenvalue weighted by molar-refractivity contribution is -0.116. The third kappa shape index (κ3) is 4.17. The first-order valence-corrected chi connectivity index (χ1v) is 9.25. The van der Waals surface area contributed by atoms with Crippen molar-refractivity contribution in [2.45, 2.75) is 6.92 Å². The van der Waals surface area contributed by atoms with Gasteiger partial charge in [-0.3, -0.25) is 9.59 Å². The molecule has 0 unspecified atom stereocenters. The molecule has 0 aliphatic rings. The number of hydrogen-bond donors (Lipinski definition) is 1. The molecule has 134 valence electrons. The molecule has 0 aliphatic heterocycles. The molecule has 2 amide bonds. The van der Waals surface area contributed by atoms with Crippen LogP contribution in [0.5, 0.6) is 0 Å². The van der Waals surface area contributed by atoms with Gasteiger partial charge in [0.1, 0.15) is 0 Å². The SMILES string of the molecule is Cc1nc(-c2ccccc2NC(=O)CN(C)C(=O)c2ccc(Br)s2)no1. The van der Waals surface area contributed by atoms with Crippen LogP contribution in [0, 0.1) is 6.92 Å². The molecule has 26 heavy (non-hydrogen) atoms. The molecule has 0 radical (unpaired) electrons. The van der Waals surface area contributed by atoms with Gasteiger partial charge in [0.25, 0.3) is 5.91 Å². The van der Waals surface area contributed by atoms with Crippen molar-refractivity contribution >= 4 is 44.8 Å². The van der Waals surface area contributed by atoms with Crippen LogP contribution in [0.25, 0.3) is 11.4 Å². The van der Waals surface area contributed by atoms with E-state index in [1.54, 1.807) is 44.3 Å². The first-order valence-electron chi connectivity index (χ1n) is 7.64. The normalized spacial score (nSPS) is 10.6. The van der Waals surface area contributed by atoms with E-state index in [1.165, 1.54) is 16.2 Å². The van der Waals surface area contributed by atoms with Crippen molar-refractivity contribution in [3.8, 4) is 11.4 Å². The largest absolute Gasteiger partial charge is 0.339 e. The minimum Gasteiger partial charge on any atom is -0.339 e. The van der Waals surface area contributed by atoms with Crippen molar-refractivity contribution in [3.63, 3.8) is 0 Å². The Morgan fingerprint density at radius 1 is 1.27 bits per heavy atom. The number of aryl methyl sites for hydroxylation is 1. The van der Waals surface area contributed by atoms with Crippen LogP contribution in [0.4, 0.5) is 5.69 Å². The summed E-state index contributed by atoms with van der Waals surface area (Å²) in [5.74, 6) is 0.307. The van der Waals surface area contributed by atoms with Crippen LogP contribution < -0.4 is 5.32 Å². The zero-order valence-electron chi connectivity index (χ0n) is 14.0. The summed E-state index contributed by atoms with van der Waals surface area (Å²) in [5, 5.41) is 6.68. The Morgan fingerprint density at radius 3 is 2.69 bits per heavy atom. The number of halogens is 1. The minimum absolute atomic E-state index is 0.0754. The highest BCUT2D eigenvalue weighted by Gasteiger charge is 2.18. The minimum atomic E-state index is -0.316. The van der Waals surface area contributed by atoms with Gasteiger partial charge in [-0.2, -0.15) is 4.98 Å². The van der Waals surface area contributed by atoms with E-state index in [2.05, 4.69) is 31.4 Å². The van der Waals surface area contributed by atoms with E-state index in [0.29, 0.717) is 27.8 Å². The zero-order valence-corrected chi connectivity index (χ0v) is 16.4. The Morgan fingerprint density at radius 2 is 2.04 bits per heavy atom. The number of thiophene rings is 1. The van der Waals surface area contributed by atoms with Gasteiger partial charge < -0.3 is 14.7 Å². The number of aromatic nitrogens is 2.